The molecule has 0 saturated carbocycles. The Morgan fingerprint density at radius 3 is 2.53 bits per heavy atom. The molecule has 1 aromatic rings. The van der Waals surface area contributed by atoms with Crippen molar-refractivity contribution in [1.29, 1.82) is 0 Å². The lowest BCUT2D eigenvalue weighted by Gasteiger charge is -2.13. The van der Waals surface area contributed by atoms with Gasteiger partial charge in [-0.25, -0.2) is 4.79 Å². The van der Waals surface area contributed by atoms with Crippen LogP contribution in [0.25, 0.3) is 0 Å². The highest BCUT2D eigenvalue weighted by Gasteiger charge is 2.32. The highest BCUT2D eigenvalue weighted by molar-refractivity contribution is 6.21. The molecular weight excluding hydrogens is 248 g/mol. The topological polar surface area (TPSA) is 86.7 Å². The number of carbonyl (C=O) groups is 3. The van der Waals surface area contributed by atoms with Gasteiger partial charge in [-0.2, -0.15) is 0 Å². The predicted octanol–water partition coefficient (Wildman–Crippen LogP) is 1.19. The average Bonchev–Trinajstić information content (AvgIpc) is 2.61. The van der Waals surface area contributed by atoms with Crippen molar-refractivity contribution in [2.45, 2.75) is 19.4 Å². The van der Waals surface area contributed by atoms with Crippen LogP contribution in [0.5, 0.6) is 0 Å². The Kier molecular flexibility index (Phi) is 3.25. The van der Waals surface area contributed by atoms with E-state index in [-0.39, 0.29) is 11.8 Å². The molecule has 6 nitrogen and oxygen atoms in total. The monoisotopic (exact) mass is 262 g/mol. The van der Waals surface area contributed by atoms with Gasteiger partial charge < -0.3 is 10.4 Å². The van der Waals surface area contributed by atoms with Crippen LogP contribution in [0, 0.1) is 0 Å². The summed E-state index contributed by atoms with van der Waals surface area (Å²) >= 11 is 0. The van der Waals surface area contributed by atoms with Crippen molar-refractivity contribution >= 4 is 23.5 Å². The van der Waals surface area contributed by atoms with E-state index < -0.39 is 12.0 Å². The second-order valence-corrected chi connectivity index (χ2v) is 4.37. The van der Waals surface area contributed by atoms with E-state index >= 15 is 0 Å². The summed E-state index contributed by atoms with van der Waals surface area (Å²) in [6.45, 7) is 1.75. The summed E-state index contributed by atoms with van der Waals surface area (Å²) in [4.78, 5) is 35.5. The summed E-state index contributed by atoms with van der Waals surface area (Å²) in [5.74, 6) is -1.66. The van der Waals surface area contributed by atoms with Gasteiger partial charge in [0.25, 0.3) is 11.8 Å². The van der Waals surface area contributed by atoms with Gasteiger partial charge in [0.1, 0.15) is 6.04 Å². The van der Waals surface area contributed by atoms with Crippen molar-refractivity contribution in [2.24, 2.45) is 0 Å². The molecule has 0 spiro atoms. The lowest BCUT2D eigenvalue weighted by molar-refractivity contribution is -0.137. The number of carboxylic acid groups (broad SMARTS) is 1. The number of nitrogens with one attached hydrogen (secondary N) is 1. The van der Waals surface area contributed by atoms with E-state index in [0.717, 1.165) is 4.90 Å². The Balaban J connectivity index is 2.31. The summed E-state index contributed by atoms with van der Waals surface area (Å²) in [7, 11) is 1.42. The zero-order valence-electron chi connectivity index (χ0n) is 10.6. The Morgan fingerprint density at radius 2 is 1.95 bits per heavy atom. The van der Waals surface area contributed by atoms with Crippen LogP contribution in [0.2, 0.25) is 0 Å². The number of nitrogens with zero attached hydrogens (tertiary/aromatic N) is 1. The number of amides is 2. The zero-order valence-corrected chi connectivity index (χ0v) is 10.6. The van der Waals surface area contributed by atoms with Gasteiger partial charge in [0, 0.05) is 12.7 Å². The van der Waals surface area contributed by atoms with Gasteiger partial charge in [-0.3, -0.25) is 14.5 Å². The Morgan fingerprint density at radius 1 is 1.32 bits per heavy atom. The molecule has 2 amide bonds. The van der Waals surface area contributed by atoms with Crippen LogP contribution >= 0.6 is 0 Å². The molecule has 1 heterocycles. The highest BCUT2D eigenvalue weighted by Crippen LogP contribution is 2.25. The molecule has 0 saturated heterocycles. The van der Waals surface area contributed by atoms with Crippen molar-refractivity contribution in [1.82, 2.24) is 4.90 Å². The van der Waals surface area contributed by atoms with Crippen LogP contribution < -0.4 is 5.32 Å². The van der Waals surface area contributed by atoms with Gasteiger partial charge >= 0.3 is 5.97 Å². The van der Waals surface area contributed by atoms with E-state index in [9.17, 15) is 14.4 Å². The van der Waals surface area contributed by atoms with Gasteiger partial charge in [0.15, 0.2) is 0 Å². The number of imide groups is 1. The summed E-state index contributed by atoms with van der Waals surface area (Å²) in [6.07, 6.45) is 0.416. The number of aliphatic carboxylic acids is 1. The van der Waals surface area contributed by atoms with Crippen molar-refractivity contribution in [3.8, 4) is 0 Å². The minimum atomic E-state index is -0.956. The van der Waals surface area contributed by atoms with Crippen molar-refractivity contribution in [2.75, 3.05) is 12.4 Å². The minimum absolute atomic E-state index is 0.303. The van der Waals surface area contributed by atoms with E-state index in [0.29, 0.717) is 23.2 Å². The van der Waals surface area contributed by atoms with Crippen molar-refractivity contribution in [3.05, 3.63) is 29.3 Å². The maximum absolute atomic E-state index is 11.8. The molecule has 19 heavy (non-hydrogen) atoms. The molecule has 1 atom stereocenters. The molecule has 1 unspecified atom stereocenters. The standard InChI is InChI=1S/C13H14N2O4/c1-3-10(13(18)19)14-7-4-5-8-9(6-7)12(17)15(2)11(8)16/h4-6,10,14H,3H2,1-2H3,(H,18,19). The highest BCUT2D eigenvalue weighted by atomic mass is 16.4. The molecular formula is C13H14N2O4. The molecule has 0 fully saturated rings. The number of rotatable bonds is 4. The first-order valence-corrected chi connectivity index (χ1v) is 5.91. The van der Waals surface area contributed by atoms with Crippen LogP contribution in [-0.4, -0.2) is 40.9 Å². The number of anilines is 1. The van der Waals surface area contributed by atoms with Gasteiger partial charge in [0.05, 0.1) is 11.1 Å². The number of hydrogen-bond acceptors (Lipinski definition) is 4. The number of carboxylic acids is 1. The first-order chi connectivity index (χ1) is 8.95. The SMILES string of the molecule is CCC(Nc1ccc2c(c1)C(=O)N(C)C2=O)C(=O)O. The lowest BCUT2D eigenvalue weighted by Crippen LogP contribution is -2.28. The van der Waals surface area contributed by atoms with Gasteiger partial charge in [-0.15, -0.1) is 0 Å². The van der Waals surface area contributed by atoms with Crippen LogP contribution in [0.15, 0.2) is 18.2 Å². The van der Waals surface area contributed by atoms with E-state index in [4.69, 9.17) is 5.11 Å². The Bertz CT molecular complexity index is 568. The molecule has 2 N–H and O–H groups in total. The van der Waals surface area contributed by atoms with E-state index in [1.807, 2.05) is 0 Å². The summed E-state index contributed by atoms with van der Waals surface area (Å²) in [5.41, 5.74) is 1.17. The molecule has 6 heteroatoms. The molecule has 0 aromatic heterocycles. The second-order valence-electron chi connectivity index (χ2n) is 4.37. The van der Waals surface area contributed by atoms with Gasteiger partial charge in [-0.1, -0.05) is 6.92 Å². The summed E-state index contributed by atoms with van der Waals surface area (Å²) in [6, 6.07) is 3.94. The quantitative estimate of drug-likeness (QED) is 0.796. The first-order valence-electron chi connectivity index (χ1n) is 5.91. The maximum atomic E-state index is 11.8. The smallest absolute Gasteiger partial charge is 0.326 e. The molecule has 2 rings (SSSR count). The van der Waals surface area contributed by atoms with Gasteiger partial charge in [-0.05, 0) is 24.6 Å². The predicted molar refractivity (Wildman–Crippen MR) is 68.2 cm³/mol. The fraction of sp³-hybridized carbons (Fsp3) is 0.308. The Labute approximate surface area is 110 Å². The fourth-order valence-corrected chi connectivity index (χ4v) is 1.99. The third-order valence-corrected chi connectivity index (χ3v) is 3.14. The number of carbonyl (C=O) groups excluding carboxylic acids is 2. The fourth-order valence-electron chi connectivity index (χ4n) is 1.99. The minimum Gasteiger partial charge on any atom is -0.480 e. The average molecular weight is 262 g/mol. The maximum Gasteiger partial charge on any atom is 0.326 e. The third kappa shape index (κ3) is 2.16. The van der Waals surface area contributed by atoms with Crippen LogP contribution in [0.1, 0.15) is 34.1 Å². The van der Waals surface area contributed by atoms with E-state index in [2.05, 4.69) is 5.32 Å². The molecule has 0 bridgehead atoms. The lowest BCUT2D eigenvalue weighted by atomic mass is 10.1. The van der Waals surface area contributed by atoms with Crippen LogP contribution in [0.4, 0.5) is 5.69 Å². The number of benzene rings is 1. The first kappa shape index (κ1) is 13.1. The zero-order chi connectivity index (χ0) is 14.2. The van der Waals surface area contributed by atoms with Crippen LogP contribution in [0.3, 0.4) is 0 Å². The van der Waals surface area contributed by atoms with Crippen molar-refractivity contribution in [3.63, 3.8) is 0 Å². The number of fused-ring (bicyclic) bond motifs is 1. The molecule has 0 aliphatic carbocycles. The van der Waals surface area contributed by atoms with E-state index in [1.165, 1.54) is 19.2 Å². The molecule has 100 valence electrons. The molecule has 1 aromatic carbocycles. The van der Waals surface area contributed by atoms with Gasteiger partial charge in [0.2, 0.25) is 0 Å². The van der Waals surface area contributed by atoms with E-state index in [1.54, 1.807) is 13.0 Å². The second kappa shape index (κ2) is 4.72. The summed E-state index contributed by atoms with van der Waals surface area (Å²) in [5, 5.41) is 11.8. The normalized spacial score (nSPS) is 15.4. The van der Waals surface area contributed by atoms with Crippen LogP contribution in [-0.2, 0) is 4.79 Å². The summed E-state index contributed by atoms with van der Waals surface area (Å²) < 4.78 is 0. The number of hydrogen-bond donors (Lipinski definition) is 2. The molecule has 1 aliphatic heterocycles. The Hall–Kier alpha value is -2.37. The molecule has 1 aliphatic rings. The third-order valence-electron chi connectivity index (χ3n) is 3.14. The largest absolute Gasteiger partial charge is 0.480 e. The van der Waals surface area contributed by atoms with Crippen molar-refractivity contribution < 1.29 is 19.5 Å². The molecule has 0 radical (unpaired) electrons.